The topological polar surface area (TPSA) is 84.0 Å². The van der Waals surface area contributed by atoms with E-state index in [0.29, 0.717) is 13.1 Å². The maximum Gasteiger partial charge on any atom is 0.407 e. The van der Waals surface area contributed by atoms with E-state index >= 15 is 0 Å². The van der Waals surface area contributed by atoms with Gasteiger partial charge >= 0.3 is 6.09 Å². The predicted octanol–water partition coefficient (Wildman–Crippen LogP) is 2.27. The minimum absolute atomic E-state index is 0.384. The first-order valence-electron chi connectivity index (χ1n) is 8.95. The Bertz CT molecular complexity index is 354. The summed E-state index contributed by atoms with van der Waals surface area (Å²) in [6.07, 6.45) is 2.47. The van der Waals surface area contributed by atoms with Crippen LogP contribution in [0.4, 0.5) is 4.79 Å². The molecule has 0 aliphatic rings. The van der Waals surface area contributed by atoms with Gasteiger partial charge in [0.2, 0.25) is 0 Å². The van der Waals surface area contributed by atoms with Crippen molar-refractivity contribution >= 4 is 12.1 Å². The Morgan fingerprint density at radius 3 is 2.33 bits per heavy atom. The Balaban J connectivity index is 3.85. The van der Waals surface area contributed by atoms with Crippen LogP contribution in [0.15, 0.2) is 4.99 Å². The predicted molar refractivity (Wildman–Crippen MR) is 98.6 cm³/mol. The highest BCUT2D eigenvalue weighted by molar-refractivity contribution is 5.79. The third kappa shape index (κ3) is 15.4. The Morgan fingerprint density at radius 1 is 1.00 bits per heavy atom. The summed E-state index contributed by atoms with van der Waals surface area (Å²) in [7, 11) is 0. The number of hydrogen-bond acceptors (Lipinski definition) is 4. The largest absolute Gasteiger partial charge is 0.444 e. The Hall–Kier alpha value is -1.50. The minimum Gasteiger partial charge on any atom is -0.444 e. The highest BCUT2D eigenvalue weighted by Gasteiger charge is 2.15. The van der Waals surface area contributed by atoms with Gasteiger partial charge in [-0.15, -0.1) is 0 Å². The molecule has 7 heteroatoms. The van der Waals surface area contributed by atoms with Crippen LogP contribution >= 0.6 is 0 Å². The third-order valence-electron chi connectivity index (χ3n) is 2.83. The second kappa shape index (κ2) is 13.9. The average Bonchev–Trinajstić information content (AvgIpc) is 2.48. The summed E-state index contributed by atoms with van der Waals surface area (Å²) in [5, 5.41) is 9.24. The summed E-state index contributed by atoms with van der Waals surface area (Å²) >= 11 is 0. The third-order valence-corrected chi connectivity index (χ3v) is 2.83. The molecule has 0 aromatic heterocycles. The van der Waals surface area contributed by atoms with E-state index in [-0.39, 0.29) is 6.09 Å². The van der Waals surface area contributed by atoms with E-state index in [2.05, 4.69) is 20.9 Å². The number of guanidine groups is 1. The molecule has 0 bridgehead atoms. The van der Waals surface area contributed by atoms with Gasteiger partial charge in [-0.05, 0) is 53.9 Å². The molecule has 0 aliphatic carbocycles. The van der Waals surface area contributed by atoms with E-state index in [4.69, 9.17) is 9.47 Å². The fourth-order valence-corrected chi connectivity index (χ4v) is 1.80. The molecule has 0 atom stereocenters. The molecule has 7 nitrogen and oxygen atoms in total. The van der Waals surface area contributed by atoms with Crippen molar-refractivity contribution in [3.63, 3.8) is 0 Å². The van der Waals surface area contributed by atoms with Crippen LogP contribution < -0.4 is 16.0 Å². The highest BCUT2D eigenvalue weighted by atomic mass is 16.6. The summed E-state index contributed by atoms with van der Waals surface area (Å²) in [5.41, 5.74) is -0.466. The molecule has 3 N–H and O–H groups in total. The molecule has 0 aliphatic heterocycles. The molecule has 0 heterocycles. The summed E-state index contributed by atoms with van der Waals surface area (Å²) < 4.78 is 10.5. The number of rotatable bonds is 11. The number of hydrogen-bond donors (Lipinski definition) is 3. The molecular formula is C17H36N4O3. The fraction of sp³-hybridized carbons (Fsp3) is 0.882. The summed E-state index contributed by atoms with van der Waals surface area (Å²) in [6.45, 7) is 14.0. The zero-order chi connectivity index (χ0) is 18.3. The molecule has 1 amide bonds. The monoisotopic (exact) mass is 344 g/mol. The first-order chi connectivity index (χ1) is 11.4. The number of carbonyl (C=O) groups excluding carboxylic acids is 1. The van der Waals surface area contributed by atoms with Crippen molar-refractivity contribution < 1.29 is 14.3 Å². The lowest BCUT2D eigenvalue weighted by molar-refractivity contribution is 0.0527. The first-order valence-corrected chi connectivity index (χ1v) is 8.95. The van der Waals surface area contributed by atoms with Gasteiger partial charge in [0, 0.05) is 39.4 Å². The van der Waals surface area contributed by atoms with Crippen molar-refractivity contribution in [2.45, 2.75) is 59.5 Å². The number of amides is 1. The Labute approximate surface area is 147 Å². The van der Waals surface area contributed by atoms with E-state index < -0.39 is 5.60 Å². The second-order valence-electron chi connectivity index (χ2n) is 6.37. The average molecular weight is 345 g/mol. The number of unbranched alkanes of at least 4 members (excludes halogenated alkanes) is 1. The van der Waals surface area contributed by atoms with Gasteiger partial charge in [0.05, 0.1) is 0 Å². The van der Waals surface area contributed by atoms with E-state index in [1.165, 1.54) is 0 Å². The molecule has 0 radical (unpaired) electrons. The Kier molecular flexibility index (Phi) is 13.0. The van der Waals surface area contributed by atoms with E-state index in [0.717, 1.165) is 51.5 Å². The molecule has 0 aromatic carbocycles. The normalized spacial score (nSPS) is 12.0. The first kappa shape index (κ1) is 22.5. The van der Waals surface area contributed by atoms with Gasteiger partial charge < -0.3 is 25.4 Å². The number of alkyl carbamates (subject to hydrolysis) is 1. The zero-order valence-corrected chi connectivity index (χ0v) is 16.0. The zero-order valence-electron chi connectivity index (χ0n) is 16.0. The minimum atomic E-state index is -0.466. The smallest absolute Gasteiger partial charge is 0.407 e. The Morgan fingerprint density at radius 2 is 1.71 bits per heavy atom. The lowest BCUT2D eigenvalue weighted by Gasteiger charge is -2.19. The van der Waals surface area contributed by atoms with Crippen LogP contribution in [-0.4, -0.2) is 57.0 Å². The van der Waals surface area contributed by atoms with Gasteiger partial charge in [-0.25, -0.2) is 4.79 Å². The van der Waals surface area contributed by atoms with Crippen molar-refractivity contribution in [3.05, 3.63) is 0 Å². The molecule has 0 saturated carbocycles. The number of nitrogens with zero attached hydrogens (tertiary/aromatic N) is 1. The number of ether oxygens (including phenoxy) is 2. The standard InChI is InChI=1S/C17H36N4O3/c1-6-18-15(19-11-8-9-14-23-7-2)20-12-10-13-21-16(22)24-17(3,4)5/h6-14H2,1-5H3,(H,21,22)(H2,18,19,20). The van der Waals surface area contributed by atoms with Crippen LogP contribution in [-0.2, 0) is 9.47 Å². The van der Waals surface area contributed by atoms with Gasteiger partial charge in [0.15, 0.2) is 5.96 Å². The van der Waals surface area contributed by atoms with Gasteiger partial charge in [-0.1, -0.05) is 0 Å². The number of nitrogens with one attached hydrogen (secondary N) is 3. The van der Waals surface area contributed by atoms with Crippen molar-refractivity contribution in [1.29, 1.82) is 0 Å². The van der Waals surface area contributed by atoms with Crippen LogP contribution in [0.2, 0.25) is 0 Å². The van der Waals surface area contributed by atoms with Gasteiger partial charge in [-0.3, -0.25) is 4.99 Å². The highest BCUT2D eigenvalue weighted by Crippen LogP contribution is 2.06. The molecule has 142 valence electrons. The molecule has 0 unspecified atom stereocenters. The fourth-order valence-electron chi connectivity index (χ4n) is 1.80. The number of carbonyl (C=O) groups is 1. The van der Waals surface area contributed by atoms with Crippen LogP contribution in [0.5, 0.6) is 0 Å². The number of aliphatic imine (C=N–C) groups is 1. The lowest BCUT2D eigenvalue weighted by Crippen LogP contribution is -2.38. The molecule has 0 rings (SSSR count). The van der Waals surface area contributed by atoms with E-state index in [1.807, 2.05) is 34.6 Å². The van der Waals surface area contributed by atoms with Crippen molar-refractivity contribution in [2.24, 2.45) is 4.99 Å². The van der Waals surface area contributed by atoms with Crippen molar-refractivity contribution in [3.8, 4) is 0 Å². The lowest BCUT2D eigenvalue weighted by atomic mass is 10.2. The van der Waals surface area contributed by atoms with E-state index in [1.54, 1.807) is 0 Å². The molecule has 24 heavy (non-hydrogen) atoms. The van der Waals surface area contributed by atoms with Gasteiger partial charge in [-0.2, -0.15) is 0 Å². The van der Waals surface area contributed by atoms with Crippen LogP contribution in [0.25, 0.3) is 0 Å². The summed E-state index contributed by atoms with van der Waals surface area (Å²) in [6, 6.07) is 0. The SMILES string of the molecule is CCNC(=NCCCNC(=O)OC(C)(C)C)NCCCCOCC. The quantitative estimate of drug-likeness (QED) is 0.304. The van der Waals surface area contributed by atoms with Gasteiger partial charge in [0.1, 0.15) is 5.60 Å². The van der Waals surface area contributed by atoms with Crippen molar-refractivity contribution in [1.82, 2.24) is 16.0 Å². The molecule has 0 saturated heterocycles. The summed E-state index contributed by atoms with van der Waals surface area (Å²) in [5.74, 6) is 0.811. The molecule has 0 spiro atoms. The maximum absolute atomic E-state index is 11.5. The molecule has 0 fully saturated rings. The second-order valence-corrected chi connectivity index (χ2v) is 6.37. The summed E-state index contributed by atoms with van der Waals surface area (Å²) in [4.78, 5) is 16.0. The maximum atomic E-state index is 11.5. The van der Waals surface area contributed by atoms with Crippen molar-refractivity contribution in [2.75, 3.05) is 39.4 Å². The molecular weight excluding hydrogens is 308 g/mol. The van der Waals surface area contributed by atoms with Crippen LogP contribution in [0.3, 0.4) is 0 Å². The van der Waals surface area contributed by atoms with E-state index in [9.17, 15) is 4.79 Å². The molecule has 0 aromatic rings. The van der Waals surface area contributed by atoms with Crippen LogP contribution in [0, 0.1) is 0 Å². The van der Waals surface area contributed by atoms with Gasteiger partial charge in [0.25, 0.3) is 0 Å². The van der Waals surface area contributed by atoms with Crippen LogP contribution in [0.1, 0.15) is 53.9 Å².